The van der Waals surface area contributed by atoms with Gasteiger partial charge in [0.1, 0.15) is 5.75 Å². The van der Waals surface area contributed by atoms with Crippen molar-refractivity contribution in [3.63, 3.8) is 0 Å². The predicted octanol–water partition coefficient (Wildman–Crippen LogP) is 2.64. The molecular formula is C15H17BrO5. The molecule has 0 fully saturated rings. The van der Waals surface area contributed by atoms with E-state index in [1.54, 1.807) is 26.0 Å². The summed E-state index contributed by atoms with van der Waals surface area (Å²) in [7, 11) is 0. The summed E-state index contributed by atoms with van der Waals surface area (Å²) >= 11 is 3.39. The fourth-order valence-corrected chi connectivity index (χ4v) is 2.67. The number of benzene rings is 1. The Balaban J connectivity index is 2.37. The third kappa shape index (κ3) is 3.05. The standard InChI is InChI=1S/C15H17BrO5/c1-3-19-13(17)15(14(18)20-4-2)8-7-10-9-11(16)5-6-12(10)21-15/h5-6,9H,3-4,7-8H2,1-2H3. The van der Waals surface area contributed by atoms with Crippen LogP contribution >= 0.6 is 15.9 Å². The second kappa shape index (κ2) is 6.47. The monoisotopic (exact) mass is 356 g/mol. The molecule has 1 aromatic carbocycles. The van der Waals surface area contributed by atoms with Gasteiger partial charge in [0.2, 0.25) is 0 Å². The van der Waals surface area contributed by atoms with Gasteiger partial charge in [-0.1, -0.05) is 15.9 Å². The average molecular weight is 357 g/mol. The van der Waals surface area contributed by atoms with E-state index in [1.807, 2.05) is 6.07 Å². The molecule has 0 bridgehead atoms. The van der Waals surface area contributed by atoms with Crippen LogP contribution < -0.4 is 4.74 Å². The Morgan fingerprint density at radius 1 is 1.24 bits per heavy atom. The van der Waals surface area contributed by atoms with Gasteiger partial charge in [-0.15, -0.1) is 0 Å². The van der Waals surface area contributed by atoms with E-state index in [-0.39, 0.29) is 19.6 Å². The SMILES string of the molecule is CCOC(=O)C1(C(=O)OCC)CCc2cc(Br)ccc2O1. The summed E-state index contributed by atoms with van der Waals surface area (Å²) in [5.41, 5.74) is -0.763. The molecule has 1 aromatic rings. The zero-order valence-corrected chi connectivity index (χ0v) is 13.6. The summed E-state index contributed by atoms with van der Waals surface area (Å²) in [5.74, 6) is -0.889. The van der Waals surface area contributed by atoms with E-state index in [9.17, 15) is 9.59 Å². The van der Waals surface area contributed by atoms with Gasteiger partial charge in [0.25, 0.3) is 0 Å². The van der Waals surface area contributed by atoms with Crippen LogP contribution in [0.25, 0.3) is 0 Å². The molecule has 21 heavy (non-hydrogen) atoms. The van der Waals surface area contributed by atoms with Gasteiger partial charge < -0.3 is 14.2 Å². The Bertz CT molecular complexity index is 537. The predicted molar refractivity (Wildman–Crippen MR) is 79.1 cm³/mol. The highest BCUT2D eigenvalue weighted by Gasteiger charge is 2.53. The Hall–Kier alpha value is -1.56. The molecule has 5 nitrogen and oxygen atoms in total. The van der Waals surface area contributed by atoms with Gasteiger partial charge >= 0.3 is 17.5 Å². The molecule has 114 valence electrons. The lowest BCUT2D eigenvalue weighted by atomic mass is 9.91. The number of esters is 2. The Labute approximate surface area is 131 Å². The van der Waals surface area contributed by atoms with E-state index >= 15 is 0 Å². The second-order valence-electron chi connectivity index (χ2n) is 4.62. The van der Waals surface area contributed by atoms with Gasteiger partial charge in [-0.2, -0.15) is 0 Å². The van der Waals surface area contributed by atoms with Crippen molar-refractivity contribution in [1.82, 2.24) is 0 Å². The molecule has 1 heterocycles. The molecule has 0 aliphatic carbocycles. The molecule has 0 unspecified atom stereocenters. The van der Waals surface area contributed by atoms with Crippen LogP contribution in [0.3, 0.4) is 0 Å². The Morgan fingerprint density at radius 3 is 2.43 bits per heavy atom. The van der Waals surface area contributed by atoms with Crippen molar-refractivity contribution in [3.05, 3.63) is 28.2 Å². The van der Waals surface area contributed by atoms with Crippen LogP contribution in [0, 0.1) is 0 Å². The maximum Gasteiger partial charge on any atom is 0.362 e. The highest BCUT2D eigenvalue weighted by molar-refractivity contribution is 9.10. The summed E-state index contributed by atoms with van der Waals surface area (Å²) < 4.78 is 16.7. The number of rotatable bonds is 4. The van der Waals surface area contributed by atoms with Crippen LogP contribution in [0.1, 0.15) is 25.8 Å². The van der Waals surface area contributed by atoms with Gasteiger partial charge in [0.15, 0.2) is 0 Å². The lowest BCUT2D eigenvalue weighted by Gasteiger charge is -2.34. The van der Waals surface area contributed by atoms with E-state index in [1.165, 1.54) is 0 Å². The normalized spacial score (nSPS) is 15.6. The number of hydrogen-bond acceptors (Lipinski definition) is 5. The molecular weight excluding hydrogens is 340 g/mol. The fourth-order valence-electron chi connectivity index (χ4n) is 2.26. The largest absolute Gasteiger partial charge is 0.463 e. The van der Waals surface area contributed by atoms with Gasteiger partial charge in [-0.05, 0) is 44.0 Å². The van der Waals surface area contributed by atoms with Crippen LogP contribution in [-0.2, 0) is 25.5 Å². The van der Waals surface area contributed by atoms with Crippen LogP contribution in [0.2, 0.25) is 0 Å². The minimum absolute atomic E-state index is 0.177. The van der Waals surface area contributed by atoms with Crippen LogP contribution in [-0.4, -0.2) is 30.8 Å². The first-order valence-corrected chi connectivity index (χ1v) is 7.64. The van der Waals surface area contributed by atoms with E-state index in [0.717, 1.165) is 10.0 Å². The number of fused-ring (bicyclic) bond motifs is 1. The molecule has 0 saturated heterocycles. The van der Waals surface area contributed by atoms with Crippen LogP contribution in [0.15, 0.2) is 22.7 Å². The average Bonchev–Trinajstić information content (AvgIpc) is 2.47. The third-order valence-electron chi connectivity index (χ3n) is 3.26. The summed E-state index contributed by atoms with van der Waals surface area (Å²) in [6, 6.07) is 5.44. The number of carbonyl (C=O) groups is 2. The number of hydrogen-bond donors (Lipinski definition) is 0. The topological polar surface area (TPSA) is 61.8 Å². The van der Waals surface area contributed by atoms with Crippen molar-refractivity contribution in [1.29, 1.82) is 0 Å². The van der Waals surface area contributed by atoms with Crippen molar-refractivity contribution in [2.24, 2.45) is 0 Å². The van der Waals surface area contributed by atoms with Crippen molar-refractivity contribution in [2.45, 2.75) is 32.3 Å². The molecule has 6 heteroatoms. The first-order chi connectivity index (χ1) is 10.0. The number of aryl methyl sites for hydroxylation is 1. The smallest absolute Gasteiger partial charge is 0.362 e. The van der Waals surface area contributed by atoms with Gasteiger partial charge in [-0.3, -0.25) is 0 Å². The molecule has 2 rings (SSSR count). The first-order valence-electron chi connectivity index (χ1n) is 6.85. The molecule has 0 amide bonds. The maximum absolute atomic E-state index is 12.3. The molecule has 0 atom stereocenters. The highest BCUT2D eigenvalue weighted by Crippen LogP contribution is 2.36. The zero-order chi connectivity index (χ0) is 15.5. The molecule has 0 aromatic heterocycles. The lowest BCUT2D eigenvalue weighted by molar-refractivity contribution is -0.181. The van der Waals surface area contributed by atoms with Crippen molar-refractivity contribution in [3.8, 4) is 5.75 Å². The summed E-state index contributed by atoms with van der Waals surface area (Å²) in [6.07, 6.45) is 0.737. The number of halogens is 1. The van der Waals surface area contributed by atoms with Crippen molar-refractivity contribution < 1.29 is 23.8 Å². The minimum atomic E-state index is -1.70. The second-order valence-corrected chi connectivity index (χ2v) is 5.54. The van der Waals surface area contributed by atoms with Gasteiger partial charge in [-0.25, -0.2) is 9.59 Å². The molecule has 0 saturated carbocycles. The summed E-state index contributed by atoms with van der Waals surface area (Å²) in [5, 5.41) is 0. The summed E-state index contributed by atoms with van der Waals surface area (Å²) in [6.45, 7) is 3.72. The third-order valence-corrected chi connectivity index (χ3v) is 3.76. The summed E-state index contributed by atoms with van der Waals surface area (Å²) in [4.78, 5) is 24.5. The van der Waals surface area contributed by atoms with Gasteiger partial charge in [0, 0.05) is 10.9 Å². The zero-order valence-electron chi connectivity index (χ0n) is 12.0. The maximum atomic E-state index is 12.3. The lowest BCUT2D eigenvalue weighted by Crippen LogP contribution is -2.55. The first kappa shape index (κ1) is 15.8. The van der Waals surface area contributed by atoms with Crippen molar-refractivity contribution >= 4 is 27.9 Å². The molecule has 1 aliphatic rings. The Morgan fingerprint density at radius 2 is 1.86 bits per heavy atom. The number of ether oxygens (including phenoxy) is 3. The molecule has 1 aliphatic heterocycles. The molecule has 0 N–H and O–H groups in total. The minimum Gasteiger partial charge on any atom is -0.463 e. The number of carbonyl (C=O) groups excluding carboxylic acids is 2. The fraction of sp³-hybridized carbons (Fsp3) is 0.467. The Kier molecular flexibility index (Phi) is 4.88. The highest BCUT2D eigenvalue weighted by atomic mass is 79.9. The van der Waals surface area contributed by atoms with Gasteiger partial charge in [0.05, 0.1) is 13.2 Å². The van der Waals surface area contributed by atoms with E-state index in [0.29, 0.717) is 12.2 Å². The van der Waals surface area contributed by atoms with E-state index in [4.69, 9.17) is 14.2 Å². The van der Waals surface area contributed by atoms with E-state index < -0.39 is 17.5 Å². The molecule has 0 spiro atoms. The van der Waals surface area contributed by atoms with Crippen molar-refractivity contribution in [2.75, 3.05) is 13.2 Å². The van der Waals surface area contributed by atoms with Crippen LogP contribution in [0.5, 0.6) is 5.75 Å². The van der Waals surface area contributed by atoms with Crippen LogP contribution in [0.4, 0.5) is 0 Å². The quantitative estimate of drug-likeness (QED) is 0.612. The van der Waals surface area contributed by atoms with E-state index in [2.05, 4.69) is 15.9 Å². The molecule has 0 radical (unpaired) electrons.